The first kappa shape index (κ1) is 27.5. The molecular formula is C45H27N3O. The van der Waals surface area contributed by atoms with Crippen molar-refractivity contribution in [2.45, 2.75) is 0 Å². The molecule has 0 saturated heterocycles. The molecule has 0 amide bonds. The largest absolute Gasteiger partial charge is 0.456 e. The Bertz CT molecular complexity index is 2890. The van der Waals surface area contributed by atoms with Gasteiger partial charge in [0, 0.05) is 27.5 Å². The number of furan rings is 1. The second-order valence-corrected chi connectivity index (χ2v) is 12.4. The molecule has 0 aliphatic rings. The fourth-order valence-corrected chi connectivity index (χ4v) is 7.04. The van der Waals surface area contributed by atoms with E-state index < -0.39 is 0 Å². The van der Waals surface area contributed by atoms with Crippen LogP contribution in [0.4, 0.5) is 0 Å². The van der Waals surface area contributed by atoms with E-state index in [1.165, 1.54) is 26.9 Å². The normalized spacial score (nSPS) is 11.7. The molecule has 0 spiro atoms. The van der Waals surface area contributed by atoms with Crippen LogP contribution in [-0.2, 0) is 0 Å². The highest BCUT2D eigenvalue weighted by Gasteiger charge is 2.18. The summed E-state index contributed by atoms with van der Waals surface area (Å²) >= 11 is 0. The molecule has 2 heterocycles. The van der Waals surface area contributed by atoms with Gasteiger partial charge < -0.3 is 4.42 Å². The van der Waals surface area contributed by atoms with E-state index in [0.717, 1.165) is 55.1 Å². The molecule has 0 N–H and O–H groups in total. The van der Waals surface area contributed by atoms with Gasteiger partial charge in [0.2, 0.25) is 0 Å². The third-order valence-corrected chi connectivity index (χ3v) is 9.49. The number of hydrogen-bond acceptors (Lipinski definition) is 4. The molecule has 49 heavy (non-hydrogen) atoms. The summed E-state index contributed by atoms with van der Waals surface area (Å²) in [5.74, 6) is 1.87. The Labute approximate surface area is 282 Å². The van der Waals surface area contributed by atoms with Gasteiger partial charge in [-0.25, -0.2) is 15.0 Å². The van der Waals surface area contributed by atoms with Crippen molar-refractivity contribution < 1.29 is 4.42 Å². The molecule has 0 aliphatic carbocycles. The third kappa shape index (κ3) is 4.65. The van der Waals surface area contributed by atoms with Crippen molar-refractivity contribution in [1.82, 2.24) is 15.0 Å². The molecule has 0 aliphatic heterocycles. The van der Waals surface area contributed by atoms with Crippen LogP contribution >= 0.6 is 0 Å². The molecule has 0 radical (unpaired) electrons. The summed E-state index contributed by atoms with van der Waals surface area (Å²) in [5.41, 5.74) is 6.65. The van der Waals surface area contributed by atoms with Gasteiger partial charge in [-0.1, -0.05) is 133 Å². The Hall–Kier alpha value is -6.65. The van der Waals surface area contributed by atoms with Gasteiger partial charge in [0.1, 0.15) is 11.2 Å². The van der Waals surface area contributed by atoms with Crippen molar-refractivity contribution >= 4 is 54.3 Å². The standard InChI is InChI=1S/C45H27N3O/c1-2-11-31(12-3-1)43-46-44(35-22-17-28-9-4-5-13-32(28)25-35)48-45(47-43)38-15-8-16-40-42(38)37-24-23-34(27-41(37)49-40)33-21-20-30-19-18-29-10-6-7-14-36(29)39(30)26-33/h1-27H. The zero-order valence-corrected chi connectivity index (χ0v) is 26.3. The minimum Gasteiger partial charge on any atom is -0.456 e. The van der Waals surface area contributed by atoms with Crippen LogP contribution in [0.2, 0.25) is 0 Å². The molecule has 4 heteroatoms. The van der Waals surface area contributed by atoms with Crippen LogP contribution in [0.5, 0.6) is 0 Å². The molecule has 228 valence electrons. The van der Waals surface area contributed by atoms with E-state index in [4.69, 9.17) is 19.4 Å². The topological polar surface area (TPSA) is 51.8 Å². The van der Waals surface area contributed by atoms with Crippen LogP contribution in [0.15, 0.2) is 168 Å². The summed E-state index contributed by atoms with van der Waals surface area (Å²) < 4.78 is 6.54. The molecule has 0 fully saturated rings. The van der Waals surface area contributed by atoms with Crippen molar-refractivity contribution in [3.8, 4) is 45.3 Å². The highest BCUT2D eigenvalue weighted by molar-refractivity contribution is 6.13. The van der Waals surface area contributed by atoms with Gasteiger partial charge in [-0.3, -0.25) is 0 Å². The zero-order valence-electron chi connectivity index (χ0n) is 26.3. The Morgan fingerprint density at radius 1 is 0.327 bits per heavy atom. The summed E-state index contributed by atoms with van der Waals surface area (Å²) in [6.45, 7) is 0. The van der Waals surface area contributed by atoms with E-state index in [1.807, 2.05) is 42.5 Å². The van der Waals surface area contributed by atoms with Crippen molar-refractivity contribution in [2.75, 3.05) is 0 Å². The molecule has 0 bridgehead atoms. The van der Waals surface area contributed by atoms with Gasteiger partial charge in [-0.05, 0) is 73.8 Å². The highest BCUT2D eigenvalue weighted by atomic mass is 16.3. The van der Waals surface area contributed by atoms with E-state index in [-0.39, 0.29) is 0 Å². The van der Waals surface area contributed by atoms with Crippen molar-refractivity contribution in [1.29, 1.82) is 0 Å². The quantitative estimate of drug-likeness (QED) is 0.183. The summed E-state index contributed by atoms with van der Waals surface area (Å²) in [4.78, 5) is 15.1. The van der Waals surface area contributed by atoms with Crippen LogP contribution in [-0.4, -0.2) is 15.0 Å². The van der Waals surface area contributed by atoms with E-state index >= 15 is 0 Å². The number of nitrogens with zero attached hydrogens (tertiary/aromatic N) is 3. The van der Waals surface area contributed by atoms with Gasteiger partial charge in [0.05, 0.1) is 0 Å². The summed E-state index contributed by atoms with van der Waals surface area (Å²) in [7, 11) is 0. The molecule has 10 aromatic rings. The van der Waals surface area contributed by atoms with E-state index in [2.05, 4.69) is 121 Å². The predicted molar refractivity (Wildman–Crippen MR) is 201 cm³/mol. The summed E-state index contributed by atoms with van der Waals surface area (Å²) in [6, 6.07) is 57.0. The number of benzene rings is 8. The van der Waals surface area contributed by atoms with Crippen molar-refractivity contribution in [2.24, 2.45) is 0 Å². The minimum absolute atomic E-state index is 0.607. The summed E-state index contributed by atoms with van der Waals surface area (Å²) in [5, 5.41) is 9.30. The first-order valence-corrected chi connectivity index (χ1v) is 16.4. The van der Waals surface area contributed by atoms with Crippen LogP contribution in [0.25, 0.3) is 99.5 Å². The van der Waals surface area contributed by atoms with Gasteiger partial charge in [-0.2, -0.15) is 0 Å². The average molecular weight is 626 g/mol. The van der Waals surface area contributed by atoms with Crippen molar-refractivity contribution in [3.63, 3.8) is 0 Å². The molecule has 2 aromatic heterocycles. The fourth-order valence-electron chi connectivity index (χ4n) is 7.04. The van der Waals surface area contributed by atoms with E-state index in [0.29, 0.717) is 17.5 Å². The Morgan fingerprint density at radius 2 is 0.959 bits per heavy atom. The van der Waals surface area contributed by atoms with Crippen LogP contribution < -0.4 is 0 Å². The molecule has 8 aromatic carbocycles. The second kappa shape index (κ2) is 11.0. The molecule has 0 atom stereocenters. The Balaban J connectivity index is 1.14. The lowest BCUT2D eigenvalue weighted by Gasteiger charge is -2.10. The van der Waals surface area contributed by atoms with Crippen molar-refractivity contribution in [3.05, 3.63) is 164 Å². The number of hydrogen-bond donors (Lipinski definition) is 0. The minimum atomic E-state index is 0.607. The number of rotatable bonds is 4. The Kier molecular flexibility index (Phi) is 6.15. The monoisotopic (exact) mass is 625 g/mol. The third-order valence-electron chi connectivity index (χ3n) is 9.49. The highest BCUT2D eigenvalue weighted by Crippen LogP contribution is 2.39. The lowest BCUT2D eigenvalue weighted by atomic mass is 9.96. The average Bonchev–Trinajstić information content (AvgIpc) is 3.56. The first-order valence-electron chi connectivity index (χ1n) is 16.4. The van der Waals surface area contributed by atoms with Gasteiger partial charge >= 0.3 is 0 Å². The smallest absolute Gasteiger partial charge is 0.164 e. The lowest BCUT2D eigenvalue weighted by molar-refractivity contribution is 0.669. The Morgan fingerprint density at radius 3 is 1.84 bits per heavy atom. The maximum Gasteiger partial charge on any atom is 0.164 e. The maximum atomic E-state index is 6.54. The number of fused-ring (bicyclic) bond motifs is 7. The van der Waals surface area contributed by atoms with Gasteiger partial charge in [0.15, 0.2) is 17.5 Å². The lowest BCUT2D eigenvalue weighted by Crippen LogP contribution is -2.00. The van der Waals surface area contributed by atoms with E-state index in [9.17, 15) is 0 Å². The molecule has 0 unspecified atom stereocenters. The zero-order chi connectivity index (χ0) is 32.3. The van der Waals surface area contributed by atoms with Crippen LogP contribution in [0, 0.1) is 0 Å². The van der Waals surface area contributed by atoms with Gasteiger partial charge in [-0.15, -0.1) is 0 Å². The fraction of sp³-hybridized carbons (Fsp3) is 0. The SMILES string of the molecule is c1ccc(-c2nc(-c3ccc4ccccc4c3)nc(-c3cccc4oc5cc(-c6ccc7ccc8ccccc8c7c6)ccc5c34)n2)cc1. The summed E-state index contributed by atoms with van der Waals surface area (Å²) in [6.07, 6.45) is 0. The second-order valence-electron chi connectivity index (χ2n) is 12.4. The predicted octanol–water partition coefficient (Wildman–Crippen LogP) is 11.9. The van der Waals surface area contributed by atoms with Gasteiger partial charge in [0.25, 0.3) is 0 Å². The number of aromatic nitrogens is 3. The first-order chi connectivity index (χ1) is 24.2. The molecule has 0 saturated carbocycles. The maximum absolute atomic E-state index is 6.54. The van der Waals surface area contributed by atoms with Crippen LogP contribution in [0.1, 0.15) is 0 Å². The van der Waals surface area contributed by atoms with E-state index in [1.54, 1.807) is 0 Å². The molecular weight excluding hydrogens is 599 g/mol. The molecule has 4 nitrogen and oxygen atoms in total. The van der Waals surface area contributed by atoms with Crippen LogP contribution in [0.3, 0.4) is 0 Å². The molecule has 10 rings (SSSR count).